The van der Waals surface area contributed by atoms with Gasteiger partial charge in [-0.1, -0.05) is 0 Å². The molecule has 182 valence electrons. The molecule has 0 saturated carbocycles. The van der Waals surface area contributed by atoms with Crippen LogP contribution < -0.4 is 21.3 Å². The molecule has 2 amide bonds. The predicted molar refractivity (Wildman–Crippen MR) is 134 cm³/mol. The number of hydrogen-bond donors (Lipinski definition) is 5. The van der Waals surface area contributed by atoms with Crippen molar-refractivity contribution in [2.75, 3.05) is 23.7 Å². The number of rotatable bonds is 9. The van der Waals surface area contributed by atoms with E-state index in [0.717, 1.165) is 21.6 Å². The number of carboxylic acid groups (broad SMARTS) is 1. The monoisotopic (exact) mass is 495 g/mol. The number of anilines is 3. The summed E-state index contributed by atoms with van der Waals surface area (Å²) >= 11 is 1.57. The van der Waals surface area contributed by atoms with Gasteiger partial charge in [0.15, 0.2) is 5.69 Å². The zero-order valence-corrected chi connectivity index (χ0v) is 20.2. The maximum atomic E-state index is 12.5. The Labute approximate surface area is 205 Å². The maximum absolute atomic E-state index is 12.5. The van der Waals surface area contributed by atoms with E-state index in [4.69, 9.17) is 9.52 Å². The van der Waals surface area contributed by atoms with E-state index in [1.54, 1.807) is 24.5 Å². The average Bonchev–Trinajstić information content (AvgIpc) is 3.42. The number of aryl methyl sites for hydroxylation is 1. The van der Waals surface area contributed by atoms with Crippen LogP contribution in [0.2, 0.25) is 0 Å². The van der Waals surface area contributed by atoms with Crippen molar-refractivity contribution in [3.63, 3.8) is 0 Å². The van der Waals surface area contributed by atoms with Crippen LogP contribution in [0.5, 0.6) is 0 Å². The number of nitrogens with zero attached hydrogens (tertiary/aromatic N) is 3. The topological polar surface area (TPSA) is 154 Å². The molecule has 0 spiro atoms. The highest BCUT2D eigenvalue weighted by Crippen LogP contribution is 2.32. The predicted octanol–water partition coefficient (Wildman–Crippen LogP) is 4.22. The maximum Gasteiger partial charge on any atom is 0.404 e. The van der Waals surface area contributed by atoms with E-state index in [-0.39, 0.29) is 30.7 Å². The fraction of sp³-hybridized carbons (Fsp3) is 0.261. The number of carbonyl (C=O) groups is 2. The summed E-state index contributed by atoms with van der Waals surface area (Å²) in [7, 11) is 0. The van der Waals surface area contributed by atoms with Crippen LogP contribution in [0, 0.1) is 6.92 Å². The fourth-order valence-electron chi connectivity index (χ4n) is 3.36. The molecule has 0 saturated heterocycles. The summed E-state index contributed by atoms with van der Waals surface area (Å²) < 4.78 is 6.87. The number of aromatic nitrogens is 3. The third kappa shape index (κ3) is 5.84. The van der Waals surface area contributed by atoms with Crippen LogP contribution in [-0.4, -0.2) is 51.2 Å². The first-order chi connectivity index (χ1) is 16.8. The lowest BCUT2D eigenvalue weighted by Crippen LogP contribution is -2.34. The van der Waals surface area contributed by atoms with Crippen LogP contribution in [-0.2, 0) is 0 Å². The van der Waals surface area contributed by atoms with Crippen molar-refractivity contribution < 1.29 is 19.1 Å². The molecule has 3 aromatic heterocycles. The minimum atomic E-state index is -1.15. The molecule has 1 aromatic carbocycles. The number of oxazole rings is 1. The van der Waals surface area contributed by atoms with Crippen molar-refractivity contribution in [1.29, 1.82) is 0 Å². The number of benzene rings is 1. The molecule has 0 aliphatic rings. The molecule has 5 N–H and O–H groups in total. The lowest BCUT2D eigenvalue weighted by atomic mass is 10.2. The molecular weight excluding hydrogens is 470 g/mol. The van der Waals surface area contributed by atoms with Crippen LogP contribution in [0.25, 0.3) is 21.7 Å². The highest BCUT2D eigenvalue weighted by molar-refractivity contribution is 7.16. The number of pyridine rings is 1. The van der Waals surface area contributed by atoms with E-state index in [1.807, 2.05) is 43.6 Å². The second-order valence-electron chi connectivity index (χ2n) is 7.99. The zero-order chi connectivity index (χ0) is 24.9. The molecule has 0 aliphatic carbocycles. The summed E-state index contributed by atoms with van der Waals surface area (Å²) in [6.45, 7) is 5.89. The van der Waals surface area contributed by atoms with Crippen molar-refractivity contribution in [2.45, 2.75) is 26.8 Å². The largest absolute Gasteiger partial charge is 0.465 e. The minimum absolute atomic E-state index is 0.0849. The van der Waals surface area contributed by atoms with Gasteiger partial charge in [0.05, 0.1) is 27.0 Å². The lowest BCUT2D eigenvalue weighted by molar-refractivity contribution is 0.0947. The summed E-state index contributed by atoms with van der Waals surface area (Å²) in [5, 5.41) is 20.1. The molecule has 3 heterocycles. The number of nitrogens with one attached hydrogen (secondary N) is 4. The third-order valence-corrected chi connectivity index (χ3v) is 5.67. The Balaban J connectivity index is 1.56. The Bertz CT molecular complexity index is 1370. The van der Waals surface area contributed by atoms with Crippen molar-refractivity contribution in [2.24, 2.45) is 0 Å². The van der Waals surface area contributed by atoms with E-state index in [0.29, 0.717) is 17.1 Å². The molecule has 12 heteroatoms. The number of hydrogen-bond acceptors (Lipinski definition) is 9. The van der Waals surface area contributed by atoms with Crippen molar-refractivity contribution in [3.8, 4) is 11.5 Å². The van der Waals surface area contributed by atoms with E-state index in [2.05, 4.69) is 36.2 Å². The number of carbonyl (C=O) groups excluding carboxylic acids is 1. The first-order valence-corrected chi connectivity index (χ1v) is 11.8. The van der Waals surface area contributed by atoms with Crippen molar-refractivity contribution in [3.05, 3.63) is 47.4 Å². The van der Waals surface area contributed by atoms with Crippen molar-refractivity contribution >= 4 is 50.7 Å². The van der Waals surface area contributed by atoms with E-state index in [9.17, 15) is 9.59 Å². The molecule has 0 fully saturated rings. The standard InChI is InChI=1S/C23H25N7O4S/c1-12(2)28-17-9-19(29-14-4-5-16-18(8-14)35-11-27-16)26-10-15(17)22-30-20(13(3)34-22)21(31)24-6-7-25-23(32)33/h4-5,8-12,25H,6-7H2,1-3H3,(H,24,31)(H,32,33)(H2,26,28,29). The molecule has 11 nitrogen and oxygen atoms in total. The first kappa shape index (κ1) is 24.0. The number of fused-ring (bicyclic) bond motifs is 1. The van der Waals surface area contributed by atoms with Gasteiger partial charge in [-0.05, 0) is 39.0 Å². The molecule has 4 aromatic rings. The number of amides is 2. The quantitative estimate of drug-likeness (QED) is 0.215. The van der Waals surface area contributed by atoms with Crippen LogP contribution in [0.3, 0.4) is 0 Å². The summed E-state index contributed by atoms with van der Waals surface area (Å²) in [6.07, 6.45) is 0.487. The minimum Gasteiger partial charge on any atom is -0.465 e. The van der Waals surface area contributed by atoms with Gasteiger partial charge in [-0.15, -0.1) is 11.3 Å². The van der Waals surface area contributed by atoms with Gasteiger partial charge in [0, 0.05) is 37.1 Å². The van der Waals surface area contributed by atoms with Gasteiger partial charge in [-0.3, -0.25) is 4.79 Å². The Morgan fingerprint density at radius 1 is 1.14 bits per heavy atom. The van der Waals surface area contributed by atoms with Gasteiger partial charge >= 0.3 is 6.09 Å². The van der Waals surface area contributed by atoms with E-state index >= 15 is 0 Å². The normalized spacial score (nSPS) is 11.0. The highest BCUT2D eigenvalue weighted by atomic mass is 32.1. The second-order valence-corrected chi connectivity index (χ2v) is 8.87. The van der Waals surface area contributed by atoms with Gasteiger partial charge in [0.1, 0.15) is 11.6 Å². The molecular formula is C23H25N7O4S. The molecule has 0 atom stereocenters. The molecule has 4 rings (SSSR count). The van der Waals surface area contributed by atoms with Gasteiger partial charge in [-0.2, -0.15) is 0 Å². The van der Waals surface area contributed by atoms with Crippen LogP contribution in [0.15, 0.2) is 40.4 Å². The van der Waals surface area contributed by atoms with Gasteiger partial charge < -0.3 is 30.8 Å². The van der Waals surface area contributed by atoms with E-state index in [1.165, 1.54) is 0 Å². The zero-order valence-electron chi connectivity index (χ0n) is 19.4. The lowest BCUT2D eigenvalue weighted by Gasteiger charge is -2.15. The van der Waals surface area contributed by atoms with Crippen LogP contribution >= 0.6 is 11.3 Å². The van der Waals surface area contributed by atoms with Gasteiger partial charge in [-0.25, -0.2) is 19.7 Å². The molecule has 0 radical (unpaired) electrons. The summed E-state index contributed by atoms with van der Waals surface area (Å²) in [6, 6.07) is 7.91. The highest BCUT2D eigenvalue weighted by Gasteiger charge is 2.21. The Kier molecular flexibility index (Phi) is 7.11. The average molecular weight is 496 g/mol. The Morgan fingerprint density at radius 3 is 2.71 bits per heavy atom. The van der Waals surface area contributed by atoms with Crippen LogP contribution in [0.1, 0.15) is 30.1 Å². The molecule has 0 bridgehead atoms. The third-order valence-electron chi connectivity index (χ3n) is 4.88. The summed E-state index contributed by atoms with van der Waals surface area (Å²) in [5.41, 5.74) is 5.13. The molecule has 35 heavy (non-hydrogen) atoms. The summed E-state index contributed by atoms with van der Waals surface area (Å²) in [4.78, 5) is 36.2. The van der Waals surface area contributed by atoms with Crippen LogP contribution in [0.4, 0.5) is 22.0 Å². The van der Waals surface area contributed by atoms with Gasteiger partial charge in [0.25, 0.3) is 5.91 Å². The second kappa shape index (κ2) is 10.4. The van der Waals surface area contributed by atoms with E-state index < -0.39 is 12.0 Å². The summed E-state index contributed by atoms with van der Waals surface area (Å²) in [5.74, 6) is 0.782. The number of thiazole rings is 1. The van der Waals surface area contributed by atoms with Gasteiger partial charge in [0.2, 0.25) is 5.89 Å². The smallest absolute Gasteiger partial charge is 0.404 e. The fourth-order valence-corrected chi connectivity index (χ4v) is 4.07. The Morgan fingerprint density at radius 2 is 1.94 bits per heavy atom. The first-order valence-electron chi connectivity index (χ1n) is 10.9. The molecule has 0 aliphatic heterocycles. The SMILES string of the molecule is Cc1oc(-c2cnc(Nc3ccc4ncsc4c3)cc2NC(C)C)nc1C(=O)NCCNC(=O)O. The molecule has 0 unspecified atom stereocenters. The van der Waals surface area contributed by atoms with Crippen molar-refractivity contribution in [1.82, 2.24) is 25.6 Å². The Hall–Kier alpha value is -4.19.